The van der Waals surface area contributed by atoms with E-state index in [1.807, 2.05) is 20.8 Å². The van der Waals surface area contributed by atoms with Crippen molar-refractivity contribution in [1.82, 2.24) is 10.2 Å². The third-order valence-corrected chi connectivity index (χ3v) is 5.14. The summed E-state index contributed by atoms with van der Waals surface area (Å²) in [6.45, 7) is 10.2. The third-order valence-electron chi connectivity index (χ3n) is 5.14. The molecular weight excluding hydrogens is 361 g/mol. The van der Waals surface area contributed by atoms with E-state index in [0.717, 1.165) is 45.2 Å². The normalized spacial score (nSPS) is 17.0. The van der Waals surface area contributed by atoms with Crippen molar-refractivity contribution in [2.24, 2.45) is 5.92 Å². The Hall–Kier alpha value is -1.02. The molecule has 28 heavy (non-hydrogen) atoms. The van der Waals surface area contributed by atoms with Gasteiger partial charge in [0.15, 0.2) is 0 Å². The molecule has 1 heterocycles. The summed E-state index contributed by atoms with van der Waals surface area (Å²) in [5, 5.41) is 17.8. The van der Waals surface area contributed by atoms with Gasteiger partial charge in [0.2, 0.25) is 0 Å². The van der Waals surface area contributed by atoms with E-state index in [9.17, 15) is 8.78 Å². The van der Waals surface area contributed by atoms with Gasteiger partial charge in [-0.25, -0.2) is 8.78 Å². The van der Waals surface area contributed by atoms with Gasteiger partial charge in [-0.1, -0.05) is 26.2 Å². The molecule has 1 aliphatic heterocycles. The van der Waals surface area contributed by atoms with Gasteiger partial charge in [0.05, 0.1) is 7.85 Å². The van der Waals surface area contributed by atoms with Crippen molar-refractivity contribution < 1.29 is 19.0 Å². The molecule has 0 spiro atoms. The van der Waals surface area contributed by atoms with E-state index in [0.29, 0.717) is 12.0 Å². The summed E-state index contributed by atoms with van der Waals surface area (Å²) >= 11 is 0. The Labute approximate surface area is 170 Å². The van der Waals surface area contributed by atoms with Crippen molar-refractivity contribution in [3.8, 4) is 0 Å². The van der Waals surface area contributed by atoms with Crippen LogP contribution in [0.15, 0.2) is 18.2 Å². The Morgan fingerprint density at radius 1 is 1.14 bits per heavy atom. The first-order chi connectivity index (χ1) is 13.5. The molecule has 1 saturated heterocycles. The minimum atomic E-state index is -0.750. The second-order valence-corrected chi connectivity index (χ2v) is 6.78. The first kappa shape index (κ1) is 27.0. The third kappa shape index (κ3) is 8.99. The zero-order chi connectivity index (χ0) is 21.5. The highest BCUT2D eigenvalue weighted by Crippen LogP contribution is 2.30. The number of aliphatic hydroxyl groups excluding tert-OH is 1. The summed E-state index contributed by atoms with van der Waals surface area (Å²) in [5.74, 6) is -0.251. The quantitative estimate of drug-likeness (QED) is 0.374. The van der Waals surface area contributed by atoms with Crippen molar-refractivity contribution in [2.75, 3.05) is 26.4 Å². The molecule has 3 N–H and O–H groups in total. The average molecular weight is 399 g/mol. The fourth-order valence-electron chi connectivity index (χ4n) is 3.52. The van der Waals surface area contributed by atoms with Crippen LogP contribution in [0.5, 0.6) is 0 Å². The Balaban J connectivity index is 0.00000133. The van der Waals surface area contributed by atoms with Crippen LogP contribution in [0.3, 0.4) is 0 Å². The first-order valence-corrected chi connectivity index (χ1v) is 10.4. The topological polar surface area (TPSA) is 55.7 Å². The molecule has 1 aliphatic rings. The molecule has 161 valence electrons. The molecule has 2 atom stereocenters. The summed E-state index contributed by atoms with van der Waals surface area (Å²) in [4.78, 5) is 2.20. The Morgan fingerprint density at radius 2 is 1.64 bits per heavy atom. The fourth-order valence-corrected chi connectivity index (χ4v) is 3.52. The van der Waals surface area contributed by atoms with E-state index in [2.05, 4.69) is 25.0 Å². The maximum Gasteiger partial charge on any atom is 0.140 e. The van der Waals surface area contributed by atoms with Gasteiger partial charge in [-0.3, -0.25) is 4.90 Å². The van der Waals surface area contributed by atoms with E-state index in [1.165, 1.54) is 18.2 Å². The van der Waals surface area contributed by atoms with Crippen molar-refractivity contribution in [1.29, 1.82) is 0 Å². The molecule has 0 bridgehead atoms. The van der Waals surface area contributed by atoms with Crippen LogP contribution >= 0.6 is 0 Å². The zero-order valence-electron chi connectivity index (χ0n) is 17.9. The number of halogens is 2. The van der Waals surface area contributed by atoms with Gasteiger partial charge in [0.25, 0.3) is 0 Å². The predicted molar refractivity (Wildman–Crippen MR) is 114 cm³/mol. The molecule has 0 aliphatic carbocycles. The monoisotopic (exact) mass is 399 g/mol. The summed E-state index contributed by atoms with van der Waals surface area (Å²) in [6, 6.07) is 4.38. The molecule has 1 aromatic rings. The molecule has 0 saturated carbocycles. The number of hydrogen-bond acceptors (Lipinski definition) is 4. The van der Waals surface area contributed by atoms with Crippen LogP contribution in [-0.4, -0.2) is 55.4 Å². The van der Waals surface area contributed by atoms with Gasteiger partial charge in [-0.15, -0.1) is 0 Å². The molecule has 1 aromatic carbocycles. The van der Waals surface area contributed by atoms with Crippen LogP contribution in [0.2, 0.25) is 6.32 Å². The second kappa shape index (κ2) is 15.9. The number of aliphatic hydroxyl groups is 2. The number of nitrogens with zero attached hydrogens (tertiary/aromatic N) is 1. The van der Waals surface area contributed by atoms with Gasteiger partial charge in [-0.2, -0.15) is 0 Å². The van der Waals surface area contributed by atoms with Gasteiger partial charge >= 0.3 is 0 Å². The lowest BCUT2D eigenvalue weighted by atomic mass is 9.89. The van der Waals surface area contributed by atoms with Gasteiger partial charge < -0.3 is 15.5 Å². The molecule has 1 fully saturated rings. The molecular formula is C21H38BF2N2O2. The molecule has 0 amide bonds. The molecule has 4 nitrogen and oxygen atoms in total. The number of hydrogen-bond donors (Lipinski definition) is 3. The van der Waals surface area contributed by atoms with Crippen molar-refractivity contribution in [3.63, 3.8) is 0 Å². The molecule has 2 unspecified atom stereocenters. The van der Waals surface area contributed by atoms with Gasteiger partial charge in [0.1, 0.15) is 18.4 Å². The molecule has 0 aromatic heterocycles. The Kier molecular flexibility index (Phi) is 15.3. The van der Waals surface area contributed by atoms with Crippen molar-refractivity contribution in [2.45, 2.75) is 65.4 Å². The maximum atomic E-state index is 14.0. The predicted octanol–water partition coefficient (Wildman–Crippen LogP) is 3.38. The van der Waals surface area contributed by atoms with E-state index in [1.54, 1.807) is 0 Å². The van der Waals surface area contributed by atoms with Gasteiger partial charge in [0, 0.05) is 17.6 Å². The lowest BCUT2D eigenvalue weighted by Crippen LogP contribution is -2.43. The Morgan fingerprint density at radius 3 is 2.11 bits per heavy atom. The number of benzene rings is 1. The SMILES string of the molecule is CC.OCO.[BH]CCCNC(C)C1CCN(C(C)c2c(F)cccc2F)CC1. The number of likely N-dealkylation sites (tertiary alicyclic amines) is 1. The van der Waals surface area contributed by atoms with E-state index >= 15 is 0 Å². The van der Waals surface area contributed by atoms with Crippen LogP contribution in [-0.2, 0) is 0 Å². The van der Waals surface area contributed by atoms with E-state index in [-0.39, 0.29) is 11.6 Å². The number of nitrogens with one attached hydrogen (secondary N) is 1. The van der Waals surface area contributed by atoms with E-state index in [4.69, 9.17) is 10.2 Å². The zero-order valence-corrected chi connectivity index (χ0v) is 17.9. The van der Waals surface area contributed by atoms with Crippen molar-refractivity contribution in [3.05, 3.63) is 35.4 Å². The number of piperidine rings is 1. The highest BCUT2D eigenvalue weighted by molar-refractivity contribution is 6.08. The number of rotatable bonds is 7. The average Bonchev–Trinajstić information content (AvgIpc) is 2.70. The molecule has 1 radical (unpaired) electrons. The maximum absolute atomic E-state index is 14.0. The summed E-state index contributed by atoms with van der Waals surface area (Å²) in [7, 11) is 3.86. The van der Waals surface area contributed by atoms with Crippen LogP contribution < -0.4 is 5.32 Å². The second-order valence-electron chi connectivity index (χ2n) is 6.78. The van der Waals surface area contributed by atoms with Crippen LogP contribution in [0.25, 0.3) is 0 Å². The summed E-state index contributed by atoms with van der Waals surface area (Å²) in [6.07, 6.45) is 4.20. The first-order valence-electron chi connectivity index (χ1n) is 10.4. The van der Waals surface area contributed by atoms with Gasteiger partial charge in [-0.05, 0) is 70.8 Å². The lowest BCUT2D eigenvalue weighted by Gasteiger charge is -2.38. The standard InChI is InChI=1S/C18H28BF2N2.C2H6.CH4O2/c1-13(22-10-4-9-19)15-7-11-23(12-8-15)14(2)18-16(20)5-3-6-17(18)21;1-2;2-1-3/h3,5-6,13-15,19,22H,4,7-12H2,1-2H3;1-2H3;2-3H,1H2. The molecule has 7 heteroatoms. The Bertz CT molecular complexity index is 495. The smallest absolute Gasteiger partial charge is 0.140 e. The lowest BCUT2D eigenvalue weighted by molar-refractivity contribution is 0.0773. The van der Waals surface area contributed by atoms with Crippen molar-refractivity contribution >= 4 is 7.85 Å². The highest BCUT2D eigenvalue weighted by atomic mass is 19.1. The fraction of sp³-hybridized carbons (Fsp3) is 0.714. The van der Waals surface area contributed by atoms with E-state index < -0.39 is 18.4 Å². The van der Waals surface area contributed by atoms with Crippen LogP contribution in [0.1, 0.15) is 58.6 Å². The highest BCUT2D eigenvalue weighted by Gasteiger charge is 2.28. The summed E-state index contributed by atoms with van der Waals surface area (Å²) < 4.78 is 27.9. The summed E-state index contributed by atoms with van der Waals surface area (Å²) in [5.41, 5.74) is 0.201. The minimum Gasteiger partial charge on any atom is -0.371 e. The largest absolute Gasteiger partial charge is 0.371 e. The minimum absolute atomic E-state index is 0.201. The molecule has 2 rings (SSSR count). The van der Waals surface area contributed by atoms with Crippen LogP contribution in [0.4, 0.5) is 8.78 Å². The van der Waals surface area contributed by atoms with Crippen LogP contribution in [0, 0.1) is 17.6 Å².